The molecule has 106 valence electrons. The first-order valence-electron chi connectivity index (χ1n) is 6.23. The van der Waals surface area contributed by atoms with Gasteiger partial charge in [-0.25, -0.2) is 0 Å². The average Bonchev–Trinajstić information content (AvgIpc) is 2.32. The number of hydrogen-bond donors (Lipinski definition) is 1. The van der Waals surface area contributed by atoms with Gasteiger partial charge in [0.25, 0.3) is 0 Å². The van der Waals surface area contributed by atoms with Gasteiger partial charge in [0, 0.05) is 6.07 Å². The molecule has 0 saturated heterocycles. The van der Waals surface area contributed by atoms with E-state index in [1.54, 1.807) is 13.0 Å². The standard InChI is InChI=1S/C13H20N2O4/c1-4-19-12-9-10(6-5-7-14(2)3)8-11(13(12)16)15(17)18/h8-9,16H,4-7H2,1-3H3. The van der Waals surface area contributed by atoms with Gasteiger partial charge in [-0.3, -0.25) is 10.1 Å². The zero-order valence-corrected chi connectivity index (χ0v) is 11.5. The molecule has 0 spiro atoms. The summed E-state index contributed by atoms with van der Waals surface area (Å²) in [5, 5.41) is 20.6. The molecule has 0 heterocycles. The van der Waals surface area contributed by atoms with Crippen LogP contribution in [0, 0.1) is 10.1 Å². The highest BCUT2D eigenvalue weighted by molar-refractivity contribution is 5.57. The number of aryl methyl sites for hydroxylation is 1. The summed E-state index contributed by atoms with van der Waals surface area (Å²) in [5.41, 5.74) is 0.501. The number of nitro groups is 1. The molecule has 0 unspecified atom stereocenters. The van der Waals surface area contributed by atoms with Crippen molar-refractivity contribution in [2.24, 2.45) is 0 Å². The molecular formula is C13H20N2O4. The molecule has 0 fully saturated rings. The predicted molar refractivity (Wildman–Crippen MR) is 72.8 cm³/mol. The Bertz CT molecular complexity index is 447. The predicted octanol–water partition coefficient (Wildman–Crippen LogP) is 2.19. The van der Waals surface area contributed by atoms with Crippen LogP contribution in [0.4, 0.5) is 5.69 Å². The summed E-state index contributed by atoms with van der Waals surface area (Å²) in [4.78, 5) is 12.4. The second-order valence-electron chi connectivity index (χ2n) is 4.56. The van der Waals surface area contributed by atoms with E-state index in [9.17, 15) is 15.2 Å². The summed E-state index contributed by atoms with van der Waals surface area (Å²) in [6.07, 6.45) is 1.60. The number of rotatable bonds is 7. The van der Waals surface area contributed by atoms with E-state index < -0.39 is 10.7 Å². The Hall–Kier alpha value is -1.82. The molecule has 0 aromatic heterocycles. The Labute approximate surface area is 112 Å². The molecule has 1 rings (SSSR count). The molecule has 6 nitrogen and oxygen atoms in total. The number of hydrogen-bond acceptors (Lipinski definition) is 5. The van der Waals surface area contributed by atoms with Crippen LogP contribution in [0.25, 0.3) is 0 Å². The highest BCUT2D eigenvalue weighted by Gasteiger charge is 2.19. The third kappa shape index (κ3) is 4.40. The van der Waals surface area contributed by atoms with E-state index in [0.717, 1.165) is 18.5 Å². The van der Waals surface area contributed by atoms with Gasteiger partial charge in [-0.1, -0.05) is 0 Å². The van der Waals surface area contributed by atoms with Gasteiger partial charge in [0.15, 0.2) is 5.75 Å². The fourth-order valence-electron chi connectivity index (χ4n) is 1.80. The molecule has 6 heteroatoms. The summed E-state index contributed by atoms with van der Waals surface area (Å²) < 4.78 is 5.23. The second kappa shape index (κ2) is 6.94. The van der Waals surface area contributed by atoms with Crippen molar-refractivity contribution >= 4 is 5.69 Å². The topological polar surface area (TPSA) is 75.8 Å². The van der Waals surface area contributed by atoms with Gasteiger partial charge in [0.2, 0.25) is 5.75 Å². The third-order valence-electron chi connectivity index (χ3n) is 2.68. The normalized spacial score (nSPS) is 10.7. The number of phenols is 1. The molecule has 1 aromatic rings. The molecule has 19 heavy (non-hydrogen) atoms. The van der Waals surface area contributed by atoms with Gasteiger partial charge in [-0.2, -0.15) is 0 Å². The number of benzene rings is 1. The fourth-order valence-corrected chi connectivity index (χ4v) is 1.80. The minimum Gasteiger partial charge on any atom is -0.500 e. The van der Waals surface area contributed by atoms with Crippen LogP contribution < -0.4 is 4.74 Å². The molecule has 0 amide bonds. The van der Waals surface area contributed by atoms with Crippen LogP contribution in [0.2, 0.25) is 0 Å². The minimum atomic E-state index is -0.590. The summed E-state index contributed by atoms with van der Waals surface area (Å²) >= 11 is 0. The van der Waals surface area contributed by atoms with Crippen LogP contribution in [-0.4, -0.2) is 42.2 Å². The lowest BCUT2D eigenvalue weighted by Crippen LogP contribution is -2.13. The molecule has 1 N–H and O–H groups in total. The van der Waals surface area contributed by atoms with Crippen LogP contribution in [0.1, 0.15) is 18.9 Å². The monoisotopic (exact) mass is 268 g/mol. The highest BCUT2D eigenvalue weighted by atomic mass is 16.6. The Morgan fingerprint density at radius 3 is 2.63 bits per heavy atom. The molecule has 0 aliphatic heterocycles. The number of nitrogens with zero attached hydrogens (tertiary/aromatic N) is 2. The van der Waals surface area contributed by atoms with E-state index in [-0.39, 0.29) is 11.4 Å². The van der Waals surface area contributed by atoms with E-state index >= 15 is 0 Å². The van der Waals surface area contributed by atoms with E-state index in [1.807, 2.05) is 14.1 Å². The summed E-state index contributed by atoms with van der Waals surface area (Å²) in [5.74, 6) is -0.222. The first-order chi connectivity index (χ1) is 8.95. The van der Waals surface area contributed by atoms with Crippen LogP contribution in [-0.2, 0) is 6.42 Å². The van der Waals surface area contributed by atoms with Crippen molar-refractivity contribution in [3.63, 3.8) is 0 Å². The fraction of sp³-hybridized carbons (Fsp3) is 0.538. The van der Waals surface area contributed by atoms with Crippen LogP contribution in [0.3, 0.4) is 0 Å². The second-order valence-corrected chi connectivity index (χ2v) is 4.56. The van der Waals surface area contributed by atoms with Crippen molar-refractivity contribution in [3.8, 4) is 11.5 Å². The summed E-state index contributed by atoms with van der Waals surface area (Å²) in [7, 11) is 3.95. The van der Waals surface area contributed by atoms with E-state index in [0.29, 0.717) is 13.0 Å². The maximum Gasteiger partial charge on any atom is 0.314 e. The van der Waals surface area contributed by atoms with Gasteiger partial charge in [-0.15, -0.1) is 0 Å². The van der Waals surface area contributed by atoms with Gasteiger partial charge >= 0.3 is 5.69 Å². The highest BCUT2D eigenvalue weighted by Crippen LogP contribution is 2.37. The lowest BCUT2D eigenvalue weighted by Gasteiger charge is -2.11. The zero-order valence-electron chi connectivity index (χ0n) is 11.5. The maximum atomic E-state index is 10.9. The van der Waals surface area contributed by atoms with E-state index in [4.69, 9.17) is 4.74 Å². The summed E-state index contributed by atoms with van der Waals surface area (Å²) in [6, 6.07) is 3.08. The Kier molecular flexibility index (Phi) is 5.57. The molecule has 0 atom stereocenters. The smallest absolute Gasteiger partial charge is 0.314 e. The Morgan fingerprint density at radius 2 is 2.11 bits per heavy atom. The van der Waals surface area contributed by atoms with Gasteiger partial charge in [-0.05, 0) is 52.0 Å². The SMILES string of the molecule is CCOc1cc(CCCN(C)C)cc([N+](=O)[O-])c1O. The number of ether oxygens (including phenoxy) is 1. The summed E-state index contributed by atoms with van der Waals surface area (Å²) in [6.45, 7) is 3.02. The lowest BCUT2D eigenvalue weighted by atomic mass is 10.1. The molecule has 0 aliphatic rings. The molecule has 0 bridgehead atoms. The molecule has 0 aliphatic carbocycles. The third-order valence-corrected chi connectivity index (χ3v) is 2.68. The van der Waals surface area contributed by atoms with Gasteiger partial charge < -0.3 is 14.7 Å². The first kappa shape index (κ1) is 15.2. The van der Waals surface area contributed by atoms with Crippen molar-refractivity contribution in [2.45, 2.75) is 19.8 Å². The zero-order chi connectivity index (χ0) is 14.4. The van der Waals surface area contributed by atoms with Crippen molar-refractivity contribution in [2.75, 3.05) is 27.2 Å². The van der Waals surface area contributed by atoms with E-state index in [1.165, 1.54) is 6.07 Å². The van der Waals surface area contributed by atoms with Gasteiger partial charge in [0.1, 0.15) is 0 Å². The van der Waals surface area contributed by atoms with Crippen molar-refractivity contribution in [1.29, 1.82) is 0 Å². The van der Waals surface area contributed by atoms with Gasteiger partial charge in [0.05, 0.1) is 11.5 Å². The van der Waals surface area contributed by atoms with Crippen LogP contribution in [0.5, 0.6) is 11.5 Å². The Morgan fingerprint density at radius 1 is 1.42 bits per heavy atom. The molecular weight excluding hydrogens is 248 g/mol. The number of nitro benzene ring substituents is 1. The molecule has 1 aromatic carbocycles. The maximum absolute atomic E-state index is 10.9. The van der Waals surface area contributed by atoms with Crippen LogP contribution in [0.15, 0.2) is 12.1 Å². The Balaban J connectivity index is 2.94. The van der Waals surface area contributed by atoms with E-state index in [2.05, 4.69) is 4.90 Å². The van der Waals surface area contributed by atoms with Crippen LogP contribution >= 0.6 is 0 Å². The number of aromatic hydroxyl groups is 1. The van der Waals surface area contributed by atoms with Crippen molar-refractivity contribution in [1.82, 2.24) is 4.90 Å². The van der Waals surface area contributed by atoms with Crippen molar-refractivity contribution in [3.05, 3.63) is 27.8 Å². The number of phenolic OH excluding ortho intramolecular Hbond substituents is 1. The average molecular weight is 268 g/mol. The quantitative estimate of drug-likeness (QED) is 0.606. The largest absolute Gasteiger partial charge is 0.500 e. The van der Waals surface area contributed by atoms with Crippen molar-refractivity contribution < 1.29 is 14.8 Å². The minimum absolute atomic E-state index is 0.177. The lowest BCUT2D eigenvalue weighted by molar-refractivity contribution is -0.386. The first-order valence-corrected chi connectivity index (χ1v) is 6.23. The molecule has 0 saturated carbocycles. The molecule has 0 radical (unpaired) electrons.